The smallest absolute Gasteiger partial charge is 0.303 e. The van der Waals surface area contributed by atoms with Crippen molar-refractivity contribution < 1.29 is 14.3 Å². The van der Waals surface area contributed by atoms with Gasteiger partial charge in [0.05, 0.1) is 0 Å². The van der Waals surface area contributed by atoms with Gasteiger partial charge < -0.3 is 5.11 Å². The molecule has 0 aliphatic carbocycles. The van der Waals surface area contributed by atoms with Crippen molar-refractivity contribution in [2.45, 2.75) is 25.8 Å². The zero-order chi connectivity index (χ0) is 13.8. The molecule has 0 radical (unpaired) electrons. The van der Waals surface area contributed by atoms with Crippen molar-refractivity contribution >= 4 is 17.6 Å². The predicted octanol–water partition coefficient (Wildman–Crippen LogP) is 3.17. The van der Waals surface area contributed by atoms with Crippen LogP contribution in [0, 0.1) is 11.7 Å². The molecule has 0 unspecified atom stereocenters. The lowest BCUT2D eigenvalue weighted by Gasteiger charge is -2.31. The average molecular weight is 286 g/mol. The third kappa shape index (κ3) is 3.91. The number of carboxylic acid groups (broad SMARTS) is 1. The second-order valence-electron chi connectivity index (χ2n) is 5.02. The first-order valence-electron chi connectivity index (χ1n) is 6.43. The van der Waals surface area contributed by atoms with Gasteiger partial charge in [-0.2, -0.15) is 0 Å². The minimum absolute atomic E-state index is 0.230. The number of hydrogen-bond acceptors (Lipinski definition) is 2. The topological polar surface area (TPSA) is 40.5 Å². The van der Waals surface area contributed by atoms with Crippen LogP contribution in [0.2, 0.25) is 5.02 Å². The summed E-state index contributed by atoms with van der Waals surface area (Å²) in [6.45, 7) is 2.08. The third-order valence-electron chi connectivity index (χ3n) is 3.61. The van der Waals surface area contributed by atoms with Crippen LogP contribution < -0.4 is 0 Å². The van der Waals surface area contributed by atoms with Crippen LogP contribution in [0.15, 0.2) is 18.2 Å². The molecule has 0 bridgehead atoms. The normalized spacial score (nSPS) is 17.6. The molecule has 3 nitrogen and oxygen atoms in total. The molecule has 2 rings (SSSR count). The molecule has 1 aliphatic rings. The number of nitrogens with zero attached hydrogens (tertiary/aromatic N) is 1. The minimum Gasteiger partial charge on any atom is -0.481 e. The number of carbonyl (C=O) groups is 1. The summed E-state index contributed by atoms with van der Waals surface area (Å²) < 4.78 is 13.7. The molecular weight excluding hydrogens is 269 g/mol. The number of benzene rings is 1. The van der Waals surface area contributed by atoms with Gasteiger partial charge in [0.2, 0.25) is 0 Å². The molecule has 0 saturated carbocycles. The number of halogens is 2. The molecule has 1 fully saturated rings. The highest BCUT2D eigenvalue weighted by molar-refractivity contribution is 6.31. The molecule has 1 saturated heterocycles. The Morgan fingerprint density at radius 3 is 2.68 bits per heavy atom. The molecule has 5 heteroatoms. The molecule has 1 aliphatic heterocycles. The molecule has 0 amide bonds. The summed E-state index contributed by atoms with van der Waals surface area (Å²) in [5.41, 5.74) is 0.529. The van der Waals surface area contributed by atoms with Crippen molar-refractivity contribution in [3.63, 3.8) is 0 Å². The van der Waals surface area contributed by atoms with Gasteiger partial charge in [-0.15, -0.1) is 0 Å². The van der Waals surface area contributed by atoms with E-state index in [0.29, 0.717) is 17.1 Å². The molecule has 19 heavy (non-hydrogen) atoms. The Balaban J connectivity index is 1.91. The van der Waals surface area contributed by atoms with Gasteiger partial charge in [-0.3, -0.25) is 9.69 Å². The van der Waals surface area contributed by atoms with Gasteiger partial charge in [0, 0.05) is 23.6 Å². The second-order valence-corrected chi connectivity index (χ2v) is 5.42. The van der Waals surface area contributed by atoms with Gasteiger partial charge in [-0.1, -0.05) is 17.7 Å². The Labute approximate surface area is 117 Å². The van der Waals surface area contributed by atoms with Crippen LogP contribution in [0.4, 0.5) is 4.39 Å². The Morgan fingerprint density at radius 1 is 1.42 bits per heavy atom. The maximum absolute atomic E-state index is 13.7. The highest BCUT2D eigenvalue weighted by atomic mass is 35.5. The monoisotopic (exact) mass is 285 g/mol. The quantitative estimate of drug-likeness (QED) is 0.924. The maximum atomic E-state index is 13.7. The Hall–Kier alpha value is -1.13. The number of aliphatic carboxylic acids is 1. The predicted molar refractivity (Wildman–Crippen MR) is 71.7 cm³/mol. The van der Waals surface area contributed by atoms with E-state index in [1.54, 1.807) is 12.1 Å². The second kappa shape index (κ2) is 6.35. The van der Waals surface area contributed by atoms with Crippen LogP contribution >= 0.6 is 11.6 Å². The van der Waals surface area contributed by atoms with E-state index in [2.05, 4.69) is 4.90 Å². The molecule has 0 aromatic heterocycles. The Bertz CT molecular complexity index is 439. The molecule has 1 N–H and O–H groups in total. The Morgan fingerprint density at radius 2 is 2.11 bits per heavy atom. The largest absolute Gasteiger partial charge is 0.481 e. The molecule has 0 spiro atoms. The van der Waals surface area contributed by atoms with Crippen LogP contribution in [0.3, 0.4) is 0 Å². The zero-order valence-corrected chi connectivity index (χ0v) is 11.4. The average Bonchev–Trinajstić information content (AvgIpc) is 2.35. The lowest BCUT2D eigenvalue weighted by atomic mass is 9.93. The standard InChI is InChI=1S/C14H17ClFNO2/c15-12-2-1-3-13(16)11(12)9-17-6-4-10(5-7-17)8-14(18)19/h1-3,10H,4-9H2,(H,18,19). The Kier molecular flexibility index (Phi) is 4.77. The van der Waals surface area contributed by atoms with Gasteiger partial charge in [0.15, 0.2) is 0 Å². The van der Waals surface area contributed by atoms with Gasteiger partial charge in [-0.05, 0) is 44.0 Å². The van der Waals surface area contributed by atoms with E-state index in [0.717, 1.165) is 25.9 Å². The van der Waals surface area contributed by atoms with E-state index >= 15 is 0 Å². The van der Waals surface area contributed by atoms with Crippen molar-refractivity contribution in [3.05, 3.63) is 34.6 Å². The van der Waals surface area contributed by atoms with E-state index in [1.165, 1.54) is 6.07 Å². The van der Waals surface area contributed by atoms with Crippen LogP contribution in [-0.2, 0) is 11.3 Å². The summed E-state index contributed by atoms with van der Waals surface area (Å²) in [5.74, 6) is -0.777. The fourth-order valence-electron chi connectivity index (χ4n) is 2.50. The van der Waals surface area contributed by atoms with Crippen LogP contribution in [0.5, 0.6) is 0 Å². The number of hydrogen-bond donors (Lipinski definition) is 1. The van der Waals surface area contributed by atoms with Crippen molar-refractivity contribution in [1.29, 1.82) is 0 Å². The number of rotatable bonds is 4. The summed E-state index contributed by atoms with van der Waals surface area (Å²) in [7, 11) is 0. The molecule has 104 valence electrons. The van der Waals surface area contributed by atoms with Crippen LogP contribution in [-0.4, -0.2) is 29.1 Å². The van der Waals surface area contributed by atoms with Gasteiger partial charge in [-0.25, -0.2) is 4.39 Å². The van der Waals surface area contributed by atoms with Crippen molar-refractivity contribution in [1.82, 2.24) is 4.90 Å². The maximum Gasteiger partial charge on any atom is 0.303 e. The number of carboxylic acids is 1. The summed E-state index contributed by atoms with van der Waals surface area (Å²) >= 11 is 6.00. The first-order valence-corrected chi connectivity index (χ1v) is 6.81. The number of piperidine rings is 1. The number of likely N-dealkylation sites (tertiary alicyclic amines) is 1. The molecular formula is C14H17ClFNO2. The molecule has 1 aromatic rings. The van der Waals surface area contributed by atoms with E-state index in [4.69, 9.17) is 16.7 Å². The van der Waals surface area contributed by atoms with Crippen molar-refractivity contribution in [3.8, 4) is 0 Å². The van der Waals surface area contributed by atoms with Gasteiger partial charge >= 0.3 is 5.97 Å². The van der Waals surface area contributed by atoms with E-state index in [-0.39, 0.29) is 18.2 Å². The summed E-state index contributed by atoms with van der Waals surface area (Å²) in [6, 6.07) is 4.70. The van der Waals surface area contributed by atoms with E-state index in [1.807, 2.05) is 0 Å². The van der Waals surface area contributed by atoms with Crippen molar-refractivity contribution in [2.75, 3.05) is 13.1 Å². The third-order valence-corrected chi connectivity index (χ3v) is 3.97. The van der Waals surface area contributed by atoms with E-state index < -0.39 is 5.97 Å². The van der Waals surface area contributed by atoms with Gasteiger partial charge in [0.1, 0.15) is 5.82 Å². The lowest BCUT2D eigenvalue weighted by Crippen LogP contribution is -2.34. The first kappa shape index (κ1) is 14.3. The molecule has 1 heterocycles. The molecule has 0 atom stereocenters. The van der Waals surface area contributed by atoms with E-state index in [9.17, 15) is 9.18 Å². The minimum atomic E-state index is -0.740. The van der Waals surface area contributed by atoms with Crippen LogP contribution in [0.1, 0.15) is 24.8 Å². The van der Waals surface area contributed by atoms with Gasteiger partial charge in [0.25, 0.3) is 0 Å². The lowest BCUT2D eigenvalue weighted by molar-refractivity contribution is -0.138. The summed E-state index contributed by atoms with van der Waals surface area (Å²) in [4.78, 5) is 12.8. The van der Waals surface area contributed by atoms with Crippen LogP contribution in [0.25, 0.3) is 0 Å². The summed E-state index contributed by atoms with van der Waals surface area (Å²) in [6.07, 6.45) is 1.92. The fraction of sp³-hybridized carbons (Fsp3) is 0.500. The fourth-order valence-corrected chi connectivity index (χ4v) is 2.73. The molecule has 1 aromatic carbocycles. The highest BCUT2D eigenvalue weighted by Gasteiger charge is 2.22. The van der Waals surface area contributed by atoms with Crippen molar-refractivity contribution in [2.24, 2.45) is 5.92 Å². The zero-order valence-electron chi connectivity index (χ0n) is 10.6. The SMILES string of the molecule is O=C(O)CC1CCN(Cc2c(F)cccc2Cl)CC1. The summed E-state index contributed by atoms with van der Waals surface area (Å²) in [5, 5.41) is 9.21. The highest BCUT2D eigenvalue weighted by Crippen LogP contribution is 2.25. The first-order chi connectivity index (χ1) is 9.06.